The largest absolute Gasteiger partial charge is 0.451 e. The Morgan fingerprint density at radius 3 is 1.58 bits per heavy atom. The number of hydrogen-bond donors (Lipinski definition) is 6. The number of nitrogens with zero attached hydrogens (tertiary/aromatic N) is 6. The predicted octanol–water partition coefficient (Wildman–Crippen LogP) is 7.30. The Labute approximate surface area is 524 Å². The Balaban J connectivity index is 0.000000224. The summed E-state index contributed by atoms with van der Waals surface area (Å²) in [5, 5.41) is 13.7. The van der Waals surface area contributed by atoms with Crippen molar-refractivity contribution in [2.45, 2.75) is 144 Å². The van der Waals surface area contributed by atoms with E-state index in [1.165, 1.54) is 15.0 Å². The first-order chi connectivity index (χ1) is 42.3. The van der Waals surface area contributed by atoms with Crippen molar-refractivity contribution in [2.75, 3.05) is 37.2 Å². The highest BCUT2D eigenvalue weighted by molar-refractivity contribution is 6.31. The van der Waals surface area contributed by atoms with E-state index in [1.54, 1.807) is 116 Å². The minimum Gasteiger partial charge on any atom is -0.451 e. The van der Waals surface area contributed by atoms with Gasteiger partial charge in [-0.2, -0.15) is 0 Å². The van der Waals surface area contributed by atoms with E-state index in [2.05, 4.69) is 32.3 Å². The molecule has 1 saturated carbocycles. The number of fused-ring (bicyclic) bond motifs is 8. The number of anilines is 2. The second-order valence-electron chi connectivity index (χ2n) is 24.4. The van der Waals surface area contributed by atoms with E-state index < -0.39 is 76.9 Å². The third-order valence-corrected chi connectivity index (χ3v) is 16.4. The molecule has 0 radical (unpaired) electrons. The van der Waals surface area contributed by atoms with Crippen molar-refractivity contribution in [2.24, 2.45) is 22.7 Å². The Morgan fingerprint density at radius 2 is 1.09 bits per heavy atom. The van der Waals surface area contributed by atoms with Crippen LogP contribution in [-0.4, -0.2) is 131 Å². The average molecular weight is 1240 g/mol. The Bertz CT molecular complexity index is 3530. The van der Waals surface area contributed by atoms with Gasteiger partial charge in [0.2, 0.25) is 0 Å². The topological polar surface area (TPSA) is 266 Å². The van der Waals surface area contributed by atoms with Crippen LogP contribution in [0.4, 0.5) is 11.6 Å². The zero-order valence-electron chi connectivity index (χ0n) is 52.5. The molecule has 10 bridgehead atoms. The molecule has 5 aromatic rings. The van der Waals surface area contributed by atoms with Gasteiger partial charge in [-0.15, -0.1) is 0 Å². The number of nitrogens with one attached hydrogen (secondary N) is 6. The first kappa shape index (κ1) is 66.5. The summed E-state index contributed by atoms with van der Waals surface area (Å²) in [4.78, 5) is 117. The van der Waals surface area contributed by atoms with Gasteiger partial charge in [0.25, 0.3) is 35.4 Å². The normalized spacial score (nSPS) is 24.6. The molecule has 474 valence electrons. The van der Waals surface area contributed by atoms with E-state index in [1.807, 2.05) is 74.5 Å². The monoisotopic (exact) mass is 1240 g/mol. The number of aromatic nitrogens is 2. The minimum atomic E-state index is -1.26. The molecule has 6 atom stereocenters. The highest BCUT2D eigenvalue weighted by atomic mass is 35.5. The predicted molar refractivity (Wildman–Crippen MR) is 341 cm³/mol. The number of carbonyl (C=O) groups excluding carboxylic acids is 8. The maximum atomic E-state index is 13.7. The van der Waals surface area contributed by atoms with Gasteiger partial charge in [-0.25, -0.2) is 20.8 Å². The van der Waals surface area contributed by atoms with Gasteiger partial charge >= 0.3 is 11.9 Å². The van der Waals surface area contributed by atoms with Gasteiger partial charge in [-0.1, -0.05) is 106 Å². The maximum Gasteiger partial charge on any atom is 0.316 e. The van der Waals surface area contributed by atoms with Crippen molar-refractivity contribution < 1.29 is 47.8 Å². The van der Waals surface area contributed by atoms with Gasteiger partial charge in [0.15, 0.2) is 12.2 Å². The summed E-state index contributed by atoms with van der Waals surface area (Å²) in [6, 6.07) is 22.9. The number of rotatable bonds is 4. The molecule has 2 aromatic heterocycles. The third kappa shape index (κ3) is 16.6. The molecule has 10 rings (SSSR count). The van der Waals surface area contributed by atoms with E-state index in [0.29, 0.717) is 66.5 Å². The van der Waals surface area contributed by atoms with Crippen molar-refractivity contribution in [1.29, 1.82) is 0 Å². The summed E-state index contributed by atoms with van der Waals surface area (Å²) in [5.41, 5.74) is 13.3. The molecule has 3 aromatic carbocycles. The van der Waals surface area contributed by atoms with E-state index in [4.69, 9.17) is 31.0 Å². The average Bonchev–Trinajstić information content (AvgIpc) is 3.70. The lowest BCUT2D eigenvalue weighted by atomic mass is 9.92. The van der Waals surface area contributed by atoms with Gasteiger partial charge < -0.3 is 20.1 Å². The summed E-state index contributed by atoms with van der Waals surface area (Å²) in [7, 11) is 3.41. The zero-order chi connectivity index (χ0) is 64.5. The van der Waals surface area contributed by atoms with Gasteiger partial charge in [0.05, 0.1) is 21.9 Å². The van der Waals surface area contributed by atoms with Crippen LogP contribution in [0.5, 0.6) is 0 Å². The number of carbonyl (C=O) groups is 8. The summed E-state index contributed by atoms with van der Waals surface area (Å²) >= 11 is 6.39. The number of hydrazine groups is 4. The fraction of sp³-hybridized carbons (Fsp3) is 0.455. The number of amides is 6. The van der Waals surface area contributed by atoms with Gasteiger partial charge in [0, 0.05) is 49.4 Å². The highest BCUT2D eigenvalue weighted by Gasteiger charge is 2.44. The number of benzene rings is 3. The summed E-state index contributed by atoms with van der Waals surface area (Å²) < 4.78 is 11.6. The fourth-order valence-electron chi connectivity index (χ4n) is 10.4. The first-order valence-electron chi connectivity index (χ1n) is 30.5. The molecule has 0 spiro atoms. The highest BCUT2D eigenvalue weighted by Crippen LogP contribution is 2.35. The van der Waals surface area contributed by atoms with Crippen LogP contribution in [0.3, 0.4) is 0 Å². The van der Waals surface area contributed by atoms with Crippen LogP contribution < -0.4 is 42.4 Å². The van der Waals surface area contributed by atoms with E-state index in [0.717, 1.165) is 40.3 Å². The van der Waals surface area contributed by atoms with Crippen LogP contribution in [0, 0.1) is 22.7 Å². The molecule has 5 aliphatic rings. The lowest BCUT2D eigenvalue weighted by molar-refractivity contribution is -0.165. The van der Waals surface area contributed by atoms with E-state index in [9.17, 15) is 38.4 Å². The van der Waals surface area contributed by atoms with Crippen LogP contribution >= 0.6 is 11.6 Å². The number of halogens is 1. The molecule has 6 heterocycles. The number of hydrogen-bond acceptors (Lipinski definition) is 16. The maximum absolute atomic E-state index is 13.7. The SMILES string of the molecule is CC.CC(C)C1OC(=O)C(C)(C)/C=C/c2ccc3ccc(nc3c2)N(C)NC(=O)C2CCCN(N2)C(=O)C(C2CC2)NC1=O.CC1NC(=O)C(Cc2ccccc2Cl)OC(=O)C(C)(C)/C=C/c2ccc3ccc(nc3c2)N(C)NC(=O)C2CCCN(N2)C1=O. The third-order valence-electron chi connectivity index (χ3n) is 16.0. The van der Waals surface area contributed by atoms with Crippen molar-refractivity contribution >= 4 is 105 Å². The van der Waals surface area contributed by atoms with E-state index in [-0.39, 0.29) is 36.0 Å². The molecule has 2 saturated heterocycles. The van der Waals surface area contributed by atoms with Gasteiger partial charge in [-0.05, 0) is 144 Å². The second kappa shape index (κ2) is 28.8. The number of ether oxygens (including phenoxy) is 2. The van der Waals surface area contributed by atoms with Crippen LogP contribution in [0.2, 0.25) is 5.02 Å². The summed E-state index contributed by atoms with van der Waals surface area (Å²) in [6.07, 6.45) is 8.64. The van der Waals surface area contributed by atoms with Crippen molar-refractivity contribution in [3.8, 4) is 0 Å². The smallest absolute Gasteiger partial charge is 0.316 e. The molecule has 1 aliphatic carbocycles. The molecule has 23 heteroatoms. The Morgan fingerprint density at radius 1 is 0.607 bits per heavy atom. The summed E-state index contributed by atoms with van der Waals surface area (Å²) in [6.45, 7) is 16.8. The van der Waals surface area contributed by atoms with Gasteiger partial charge in [-0.3, -0.25) is 69.2 Å². The first-order valence-corrected chi connectivity index (χ1v) is 30.9. The minimum absolute atomic E-state index is 0.00829. The number of esters is 2. The lowest BCUT2D eigenvalue weighted by Crippen LogP contribution is -2.63. The Kier molecular flexibility index (Phi) is 21.5. The molecule has 89 heavy (non-hydrogen) atoms. The van der Waals surface area contributed by atoms with Crippen LogP contribution in [-0.2, 0) is 54.3 Å². The van der Waals surface area contributed by atoms with E-state index >= 15 is 0 Å². The Hall–Kier alpha value is -8.47. The number of cyclic esters (lactones) is 2. The molecule has 22 nitrogen and oxygen atoms in total. The molecule has 6 N–H and O–H groups in total. The molecule has 6 unspecified atom stereocenters. The number of pyridine rings is 2. The van der Waals surface area contributed by atoms with Crippen LogP contribution in [0.15, 0.2) is 97.1 Å². The quantitative estimate of drug-likeness (QED) is 0.0964. The van der Waals surface area contributed by atoms with Crippen molar-refractivity contribution in [3.63, 3.8) is 0 Å². The fourth-order valence-corrected chi connectivity index (χ4v) is 10.6. The molecular weight excluding hydrogens is 1160 g/mol. The zero-order valence-corrected chi connectivity index (χ0v) is 53.3. The molecular formula is C66H83ClN12O10. The van der Waals surface area contributed by atoms with Gasteiger partial charge in [0.1, 0.15) is 35.8 Å². The second-order valence-corrected chi connectivity index (χ2v) is 24.8. The standard InChI is InChI=1S/C33H37ClN6O5.C31H40N6O5.C2H6/c1-20-31(43)40-17-7-10-25(37-40)29(41)38-39(4)28-14-13-22-12-11-21(18-26(22)36-28)15-16-33(2,3)32(44)45-27(30(42)35-20)19-23-8-5-6-9-24(23)34;1-18(2)26-28(39)33-25(21-10-11-21)29(40)37-16-6-7-22(34-37)27(38)35-36(5)24-13-12-20-9-8-19(17-23(20)32-24)14-15-31(3,4)30(41)42-26;1-2/h5-6,8-9,11-16,18,20,25,27,37H,7,10,17,19H2,1-4H3,(H,35,42)(H,38,41);8-9,12-15,17-18,21-22,25-26,34H,6-7,10-11,16H2,1-5H3,(H,33,39)(H,35,38);1-2H3/b16-15+;15-14+;. The van der Waals surface area contributed by atoms with Crippen molar-refractivity contribution in [1.82, 2.24) is 52.3 Å². The van der Waals surface area contributed by atoms with Crippen LogP contribution in [0.1, 0.15) is 118 Å². The molecule has 6 amide bonds. The lowest BCUT2D eigenvalue weighted by Gasteiger charge is -2.36. The molecule has 3 fully saturated rings. The van der Waals surface area contributed by atoms with Crippen LogP contribution in [0.25, 0.3) is 34.0 Å². The summed E-state index contributed by atoms with van der Waals surface area (Å²) in [5.74, 6) is -2.91. The van der Waals surface area contributed by atoms with Crippen molar-refractivity contribution in [3.05, 3.63) is 119 Å². The molecule has 4 aliphatic heterocycles.